The van der Waals surface area contributed by atoms with Gasteiger partial charge in [0.25, 0.3) is 0 Å². The van der Waals surface area contributed by atoms with Gasteiger partial charge in [0.15, 0.2) is 0 Å². The van der Waals surface area contributed by atoms with E-state index in [9.17, 15) is 0 Å². The molecule has 0 bridgehead atoms. The van der Waals surface area contributed by atoms with Crippen LogP contribution in [0.25, 0.3) is 44.6 Å². The van der Waals surface area contributed by atoms with Crippen molar-refractivity contribution in [1.29, 1.82) is 0 Å². The summed E-state index contributed by atoms with van der Waals surface area (Å²) in [4.78, 5) is 13.6. The monoisotopic (exact) mass is 774 g/mol. The molecule has 4 aromatic heterocycles. The van der Waals surface area contributed by atoms with Crippen LogP contribution in [-0.4, -0.2) is 23.0 Å². The number of furan rings is 1. The average molecular weight is 774 g/mol. The zero-order valence-corrected chi connectivity index (χ0v) is 29.4. The predicted octanol–water partition coefficient (Wildman–Crippen LogP) is 9.23. The molecular weight excluding hydrogens is 735 g/mol. The van der Waals surface area contributed by atoms with Crippen molar-refractivity contribution < 1.29 is 24.5 Å². The molecule has 6 heteroatoms. The quantitative estimate of drug-likeness (QED) is 0.125. The van der Waals surface area contributed by atoms with E-state index in [1.807, 2.05) is 48.7 Å². The van der Waals surface area contributed by atoms with Crippen LogP contribution in [0.15, 0.2) is 89.7 Å². The Kier molecular flexibility index (Phi) is 10.3. The third kappa shape index (κ3) is 7.09. The Morgan fingerprint density at radius 2 is 1.68 bits per heavy atom. The summed E-state index contributed by atoms with van der Waals surface area (Å²) >= 11 is 0. The minimum atomic E-state index is -1.30. The number of pyridine rings is 3. The van der Waals surface area contributed by atoms with E-state index in [1.165, 1.54) is 42.0 Å². The second-order valence-electron chi connectivity index (χ2n) is 12.6. The molecule has 1 saturated carbocycles. The molecule has 227 valence electrons. The number of hydrogen-bond acceptors (Lipinski definition) is 4. The molecule has 0 amide bonds. The van der Waals surface area contributed by atoms with E-state index in [-0.39, 0.29) is 20.1 Å². The summed E-state index contributed by atoms with van der Waals surface area (Å²) < 4.78 is 6.03. The molecule has 0 N–H and O–H groups in total. The Bertz CT molecular complexity index is 1840. The molecule has 0 saturated heterocycles. The van der Waals surface area contributed by atoms with E-state index in [1.54, 1.807) is 6.20 Å². The Hall–Kier alpha value is -3.44. The molecule has 0 spiro atoms. The first-order valence-corrected chi connectivity index (χ1v) is 19.0. The van der Waals surface area contributed by atoms with Crippen LogP contribution in [0, 0.1) is 18.1 Å². The van der Waals surface area contributed by atoms with Gasteiger partial charge in [0.1, 0.15) is 0 Å². The molecule has 1 fully saturated rings. The summed E-state index contributed by atoms with van der Waals surface area (Å²) in [6.45, 7) is 9.34. The Morgan fingerprint density at radius 3 is 2.43 bits per heavy atom. The molecule has 0 unspecified atom stereocenters. The fourth-order valence-corrected chi connectivity index (χ4v) is 7.88. The van der Waals surface area contributed by atoms with Crippen LogP contribution < -0.4 is 5.19 Å². The molecule has 0 atom stereocenters. The van der Waals surface area contributed by atoms with Crippen LogP contribution in [0.4, 0.5) is 0 Å². The van der Waals surface area contributed by atoms with Gasteiger partial charge < -0.3 is 14.4 Å². The van der Waals surface area contributed by atoms with E-state index in [0.29, 0.717) is 5.71 Å². The van der Waals surface area contributed by atoms with Crippen molar-refractivity contribution in [2.75, 3.05) is 0 Å². The van der Waals surface area contributed by atoms with Crippen LogP contribution >= 0.6 is 0 Å². The van der Waals surface area contributed by atoms with Crippen LogP contribution in [-0.2, 0) is 32.9 Å². The molecule has 7 rings (SSSR count). The number of rotatable bonds is 6. The van der Waals surface area contributed by atoms with Gasteiger partial charge in [0.2, 0.25) is 5.71 Å². The van der Waals surface area contributed by atoms with Crippen molar-refractivity contribution in [3.8, 4) is 22.5 Å². The zero-order valence-electron chi connectivity index (χ0n) is 26.0. The second kappa shape index (κ2) is 14.1. The molecule has 6 aromatic rings. The van der Waals surface area contributed by atoms with Crippen molar-refractivity contribution in [2.24, 2.45) is 5.92 Å². The molecule has 4 heterocycles. The first kappa shape index (κ1) is 32.0. The van der Waals surface area contributed by atoms with E-state index in [4.69, 9.17) is 4.42 Å². The van der Waals surface area contributed by atoms with Crippen LogP contribution in [0.1, 0.15) is 43.7 Å². The average Bonchev–Trinajstić information content (AvgIpc) is 3.69. The smallest absolute Gasteiger partial charge is 0.216 e. The van der Waals surface area contributed by atoms with Crippen molar-refractivity contribution in [1.82, 2.24) is 15.0 Å². The van der Waals surface area contributed by atoms with Gasteiger partial charge in [-0.25, -0.2) is 4.98 Å². The van der Waals surface area contributed by atoms with Gasteiger partial charge >= 0.3 is 0 Å². The molecule has 4 nitrogen and oxygen atoms in total. The van der Waals surface area contributed by atoms with Crippen LogP contribution in [0.3, 0.4) is 0 Å². The van der Waals surface area contributed by atoms with E-state index >= 15 is 0 Å². The fraction of sp³-hybridized carbons (Fsp3) is 0.289. The molecular formula is C38H39IrN3OSi-2. The number of hydrogen-bond donors (Lipinski definition) is 0. The van der Waals surface area contributed by atoms with E-state index in [2.05, 4.69) is 84.1 Å². The first-order valence-electron chi connectivity index (χ1n) is 15.5. The summed E-state index contributed by atoms with van der Waals surface area (Å²) in [5.74, 6) is 0.824. The summed E-state index contributed by atoms with van der Waals surface area (Å²) in [7, 11) is -1.30. The first-order chi connectivity index (χ1) is 20.9. The van der Waals surface area contributed by atoms with E-state index < -0.39 is 8.07 Å². The largest absolute Gasteiger partial charge is 0.486 e. The van der Waals surface area contributed by atoms with Crippen molar-refractivity contribution in [3.05, 3.63) is 109 Å². The summed E-state index contributed by atoms with van der Waals surface area (Å²) in [5, 5.41) is 3.58. The Balaban J connectivity index is 0.000000181. The normalized spacial score (nSPS) is 13.5. The van der Waals surface area contributed by atoms with Crippen LogP contribution in [0.5, 0.6) is 0 Å². The SMILES string of the molecule is CCc1cc(-c2[c-]cccc2)ncc1[Si](C)(C)C.[Ir].[c-]1ccc2c(oc3ncccc32)c1-c1cc(CC2CCCC2)ccn1. The van der Waals surface area contributed by atoms with E-state index in [0.717, 1.165) is 57.6 Å². The second-order valence-corrected chi connectivity index (χ2v) is 17.6. The maximum Gasteiger partial charge on any atom is 0.216 e. The maximum absolute atomic E-state index is 6.03. The van der Waals surface area contributed by atoms with Crippen molar-refractivity contribution in [3.63, 3.8) is 0 Å². The summed E-state index contributed by atoms with van der Waals surface area (Å²) in [5.41, 5.74) is 8.25. The molecule has 1 aliphatic rings. The minimum absolute atomic E-state index is 0. The number of fused-ring (bicyclic) bond motifs is 3. The minimum Gasteiger partial charge on any atom is -0.486 e. The standard InChI is InChI=1S/C22H19N2O.C16H20NSi.Ir/c1-2-6-15(5-1)13-16-10-12-23-20(14-16)19-8-3-7-17-18-9-4-11-24-22(18)25-21(17)19;1-5-13-11-15(14-9-7-6-8-10-14)17-12-16(13)18(2,3)4;/h3-4,7,9-12,14-15H,1-2,5-6,13H2;6-9,11-12H,5H2,1-4H3;/q2*-1;. The van der Waals surface area contributed by atoms with Gasteiger partial charge in [-0.15, -0.1) is 54.1 Å². The van der Waals surface area contributed by atoms with Crippen LogP contribution in [0.2, 0.25) is 19.6 Å². The van der Waals surface area contributed by atoms with Gasteiger partial charge in [-0.2, -0.15) is 0 Å². The van der Waals surface area contributed by atoms with Gasteiger partial charge in [-0.1, -0.05) is 86.5 Å². The molecule has 1 aliphatic carbocycles. The zero-order chi connectivity index (χ0) is 29.8. The maximum atomic E-state index is 6.03. The number of aromatic nitrogens is 3. The number of aryl methyl sites for hydroxylation is 1. The van der Waals surface area contributed by atoms with Gasteiger partial charge in [0.05, 0.1) is 13.7 Å². The molecule has 2 aromatic carbocycles. The molecule has 0 aliphatic heterocycles. The van der Waals surface area contributed by atoms with Crippen molar-refractivity contribution in [2.45, 2.75) is 65.1 Å². The Labute approximate surface area is 275 Å². The Morgan fingerprint density at radius 1 is 0.841 bits per heavy atom. The third-order valence-electron chi connectivity index (χ3n) is 8.45. The summed E-state index contributed by atoms with van der Waals surface area (Å²) in [6, 6.07) is 29.1. The number of benzene rings is 2. The summed E-state index contributed by atoms with van der Waals surface area (Å²) in [6.07, 6.45) is 13.4. The van der Waals surface area contributed by atoms with Gasteiger partial charge in [-0.3, -0.25) is 0 Å². The number of nitrogens with zero attached hydrogens (tertiary/aromatic N) is 3. The molecule has 44 heavy (non-hydrogen) atoms. The topological polar surface area (TPSA) is 51.8 Å². The fourth-order valence-electron chi connectivity index (χ4n) is 6.22. The van der Waals surface area contributed by atoms with Gasteiger partial charge in [0, 0.05) is 44.1 Å². The third-order valence-corrected chi connectivity index (χ3v) is 10.5. The molecule has 1 radical (unpaired) electrons. The van der Waals surface area contributed by atoms with Crippen molar-refractivity contribution >= 4 is 35.3 Å². The van der Waals surface area contributed by atoms with Gasteiger partial charge in [-0.05, 0) is 53.5 Å². The predicted molar refractivity (Wildman–Crippen MR) is 180 cm³/mol.